The minimum atomic E-state index is -4.22. The van der Waals surface area contributed by atoms with E-state index in [2.05, 4.69) is 10.5 Å². The van der Waals surface area contributed by atoms with Gasteiger partial charge in [0, 0.05) is 12.1 Å². The second kappa shape index (κ2) is 8.10. The Balaban J connectivity index is 1.86. The van der Waals surface area contributed by atoms with E-state index in [1.807, 2.05) is 32.4 Å². The van der Waals surface area contributed by atoms with E-state index in [1.54, 1.807) is 6.92 Å². The maximum atomic E-state index is 12.8. The molecule has 10 heteroatoms. The maximum absolute atomic E-state index is 12.8. The van der Waals surface area contributed by atoms with Gasteiger partial charge in [-0.15, -0.1) is 0 Å². The van der Waals surface area contributed by atoms with Crippen LogP contribution in [0, 0.1) is 18.8 Å². The number of anilines is 1. The van der Waals surface area contributed by atoms with Gasteiger partial charge in [0.2, 0.25) is 5.76 Å². The molecule has 0 radical (unpaired) electrons. The summed E-state index contributed by atoms with van der Waals surface area (Å²) in [4.78, 5) is 24.4. The molecular weight excluding hydrogens is 410 g/mol. The molecule has 0 spiro atoms. The first-order valence-corrected chi connectivity index (χ1v) is 11.1. The molecule has 9 nitrogen and oxygen atoms in total. The number of nitrogens with one attached hydrogen (secondary N) is 2. The van der Waals surface area contributed by atoms with Crippen LogP contribution in [0.4, 0.5) is 5.69 Å². The van der Waals surface area contributed by atoms with E-state index >= 15 is 0 Å². The van der Waals surface area contributed by atoms with E-state index in [9.17, 15) is 18.0 Å². The van der Waals surface area contributed by atoms with Crippen molar-refractivity contribution in [3.05, 3.63) is 35.2 Å². The topological polar surface area (TPSA) is 128 Å². The second-order valence-electron chi connectivity index (χ2n) is 8.10. The Bertz CT molecular complexity index is 1090. The number of carbonyl (C=O) groups excluding carboxylic acids is 2. The number of hydrogen-bond acceptors (Lipinski definition) is 7. The van der Waals surface area contributed by atoms with Gasteiger partial charge in [0.15, 0.2) is 6.10 Å². The van der Waals surface area contributed by atoms with Crippen molar-refractivity contribution < 1.29 is 27.3 Å². The molecule has 0 saturated heterocycles. The molecule has 0 aliphatic carbocycles. The maximum Gasteiger partial charge on any atom is 0.303 e. The standard InChI is InChI=1S/C20H25N3O6S/c1-10(2)6-13-8-16(29-22-13)19(24)23-30(26,27)17-9-15-14(7-12(17)5)21-20(25)18(28-15)11(3)4/h7-11,18H,6H2,1-5H3,(H,21,25)(H,23,24). The summed E-state index contributed by atoms with van der Waals surface area (Å²) in [6.45, 7) is 9.20. The van der Waals surface area contributed by atoms with Crippen LogP contribution < -0.4 is 14.8 Å². The molecule has 0 saturated carbocycles. The third kappa shape index (κ3) is 4.48. The molecular formula is C20H25N3O6S. The van der Waals surface area contributed by atoms with Gasteiger partial charge < -0.3 is 14.6 Å². The summed E-state index contributed by atoms with van der Waals surface area (Å²) in [5, 5.41) is 6.52. The van der Waals surface area contributed by atoms with Crippen LogP contribution in [0.15, 0.2) is 27.6 Å². The molecule has 0 bridgehead atoms. The van der Waals surface area contributed by atoms with Crippen molar-refractivity contribution in [2.45, 2.75) is 52.0 Å². The van der Waals surface area contributed by atoms with E-state index in [0.29, 0.717) is 29.3 Å². The summed E-state index contributed by atoms with van der Waals surface area (Å²) in [6.07, 6.45) is -0.132. The van der Waals surface area contributed by atoms with Gasteiger partial charge in [0.05, 0.1) is 16.3 Å². The van der Waals surface area contributed by atoms with Gasteiger partial charge in [-0.25, -0.2) is 13.1 Å². The molecule has 2 aromatic rings. The normalized spacial score (nSPS) is 16.2. The van der Waals surface area contributed by atoms with Crippen LogP contribution in [0.3, 0.4) is 0 Å². The molecule has 1 aromatic heterocycles. The van der Waals surface area contributed by atoms with Gasteiger partial charge >= 0.3 is 5.91 Å². The van der Waals surface area contributed by atoms with Gasteiger partial charge in [0.25, 0.3) is 15.9 Å². The zero-order valence-corrected chi connectivity index (χ0v) is 18.3. The lowest BCUT2D eigenvalue weighted by atomic mass is 10.0. The molecule has 1 aromatic carbocycles. The van der Waals surface area contributed by atoms with Crippen LogP contribution >= 0.6 is 0 Å². The van der Waals surface area contributed by atoms with Gasteiger partial charge in [-0.05, 0) is 36.8 Å². The monoisotopic (exact) mass is 435 g/mol. The summed E-state index contributed by atoms with van der Waals surface area (Å²) in [5.74, 6) is -0.959. The summed E-state index contributed by atoms with van der Waals surface area (Å²) < 4.78 is 38.4. The molecule has 162 valence electrons. The van der Waals surface area contributed by atoms with E-state index in [-0.39, 0.29) is 28.2 Å². The number of carbonyl (C=O) groups is 2. The number of ether oxygens (including phenoxy) is 1. The Labute approximate surface area is 175 Å². The molecule has 2 amide bonds. The molecule has 0 fully saturated rings. The minimum absolute atomic E-state index is 0.106. The molecule has 1 atom stereocenters. The zero-order chi connectivity index (χ0) is 22.2. The Morgan fingerprint density at radius 3 is 2.57 bits per heavy atom. The van der Waals surface area contributed by atoms with Crippen molar-refractivity contribution in [2.24, 2.45) is 11.8 Å². The molecule has 3 rings (SSSR count). The van der Waals surface area contributed by atoms with Crippen LogP contribution in [0.25, 0.3) is 0 Å². The molecule has 1 aliphatic rings. The van der Waals surface area contributed by atoms with Crippen molar-refractivity contribution in [1.29, 1.82) is 0 Å². The Hall–Kier alpha value is -2.88. The predicted octanol–water partition coefficient (Wildman–Crippen LogP) is 2.66. The zero-order valence-electron chi connectivity index (χ0n) is 17.5. The average molecular weight is 436 g/mol. The summed E-state index contributed by atoms with van der Waals surface area (Å²) in [5.41, 5.74) is 1.30. The third-order valence-electron chi connectivity index (χ3n) is 4.57. The fourth-order valence-corrected chi connectivity index (χ4v) is 4.35. The van der Waals surface area contributed by atoms with Gasteiger partial charge in [-0.1, -0.05) is 32.9 Å². The highest BCUT2D eigenvalue weighted by Crippen LogP contribution is 2.35. The number of rotatable bonds is 6. The van der Waals surface area contributed by atoms with Crippen LogP contribution in [0.1, 0.15) is 49.5 Å². The number of sulfonamides is 1. The first kappa shape index (κ1) is 21.8. The van der Waals surface area contributed by atoms with Gasteiger partial charge in [-0.2, -0.15) is 0 Å². The largest absolute Gasteiger partial charge is 0.478 e. The lowest BCUT2D eigenvalue weighted by Crippen LogP contribution is -2.40. The lowest BCUT2D eigenvalue weighted by Gasteiger charge is -2.29. The number of hydrogen-bond donors (Lipinski definition) is 2. The predicted molar refractivity (Wildman–Crippen MR) is 109 cm³/mol. The minimum Gasteiger partial charge on any atom is -0.478 e. The van der Waals surface area contributed by atoms with Crippen LogP contribution in [0.2, 0.25) is 0 Å². The van der Waals surface area contributed by atoms with Crippen molar-refractivity contribution in [2.75, 3.05) is 5.32 Å². The summed E-state index contributed by atoms with van der Waals surface area (Å²) in [6, 6.07) is 4.23. The number of aromatic nitrogens is 1. The van der Waals surface area contributed by atoms with Crippen molar-refractivity contribution in [1.82, 2.24) is 9.88 Å². The van der Waals surface area contributed by atoms with Crippen LogP contribution in [0.5, 0.6) is 5.75 Å². The van der Waals surface area contributed by atoms with E-state index < -0.39 is 22.0 Å². The average Bonchev–Trinajstić information content (AvgIpc) is 3.07. The fourth-order valence-electron chi connectivity index (χ4n) is 3.15. The lowest BCUT2D eigenvalue weighted by molar-refractivity contribution is -0.125. The molecule has 2 heterocycles. The Kier molecular flexibility index (Phi) is 5.89. The van der Waals surface area contributed by atoms with Crippen molar-refractivity contribution in [3.63, 3.8) is 0 Å². The third-order valence-corrected chi connectivity index (χ3v) is 6.04. The molecule has 2 N–H and O–H groups in total. The Morgan fingerprint density at radius 2 is 1.93 bits per heavy atom. The van der Waals surface area contributed by atoms with Crippen LogP contribution in [-0.4, -0.2) is 31.5 Å². The highest BCUT2D eigenvalue weighted by molar-refractivity contribution is 7.90. The first-order chi connectivity index (χ1) is 14.0. The first-order valence-electron chi connectivity index (χ1n) is 9.63. The fraction of sp³-hybridized carbons (Fsp3) is 0.450. The van der Waals surface area contributed by atoms with Crippen molar-refractivity contribution in [3.8, 4) is 5.75 Å². The molecule has 30 heavy (non-hydrogen) atoms. The second-order valence-corrected chi connectivity index (χ2v) is 9.75. The number of fused-ring (bicyclic) bond motifs is 1. The van der Waals surface area contributed by atoms with Gasteiger partial charge in [0.1, 0.15) is 5.75 Å². The van der Waals surface area contributed by atoms with E-state index in [1.165, 1.54) is 18.2 Å². The smallest absolute Gasteiger partial charge is 0.303 e. The number of benzene rings is 1. The Morgan fingerprint density at radius 1 is 1.23 bits per heavy atom. The van der Waals surface area contributed by atoms with Crippen molar-refractivity contribution >= 4 is 27.5 Å². The quantitative estimate of drug-likeness (QED) is 0.714. The number of amides is 2. The van der Waals surface area contributed by atoms with Crippen LogP contribution in [-0.2, 0) is 21.2 Å². The summed E-state index contributed by atoms with van der Waals surface area (Å²) in [7, 11) is -4.22. The molecule has 1 aliphatic heterocycles. The van der Waals surface area contributed by atoms with Gasteiger partial charge in [-0.3, -0.25) is 9.59 Å². The summed E-state index contributed by atoms with van der Waals surface area (Å²) >= 11 is 0. The number of aryl methyl sites for hydroxylation is 1. The highest BCUT2D eigenvalue weighted by atomic mass is 32.2. The van der Waals surface area contributed by atoms with E-state index in [4.69, 9.17) is 9.26 Å². The van der Waals surface area contributed by atoms with E-state index in [0.717, 1.165) is 0 Å². The highest BCUT2D eigenvalue weighted by Gasteiger charge is 2.32. The molecule has 1 unspecified atom stereocenters. The SMILES string of the molecule is Cc1cc2c(cc1S(=O)(=O)NC(=O)c1cc(CC(C)C)no1)OC(C(C)C)C(=O)N2. The number of nitrogens with zero attached hydrogens (tertiary/aromatic N) is 1.